The van der Waals surface area contributed by atoms with Crippen LogP contribution in [0.15, 0.2) is 72.0 Å². The second-order valence-electron chi connectivity index (χ2n) is 14.3. The van der Waals surface area contributed by atoms with Gasteiger partial charge >= 0.3 is 77.6 Å². The number of alkyl carbamates (subject to hydrolysis) is 2. The summed E-state index contributed by atoms with van der Waals surface area (Å²) in [5.41, 5.74) is 0.883. The zero-order chi connectivity index (χ0) is 47.2. The first kappa shape index (κ1) is 58.9. The van der Waals surface area contributed by atoms with Crippen LogP contribution in [0.2, 0.25) is 0 Å². The van der Waals surface area contributed by atoms with Gasteiger partial charge in [-0.05, 0) is 50.7 Å². The number of nitrogens with zero attached hydrogens (tertiary/aromatic N) is 1. The van der Waals surface area contributed by atoms with E-state index in [4.69, 9.17) is 49.7 Å². The molecule has 2 aliphatic heterocycles. The molecule has 0 saturated carbocycles. The van der Waals surface area contributed by atoms with E-state index in [0.29, 0.717) is 0 Å². The van der Waals surface area contributed by atoms with Gasteiger partial charge in [0, 0.05) is 42.5 Å². The van der Waals surface area contributed by atoms with Gasteiger partial charge in [-0.15, -0.1) is 0 Å². The average Bonchev–Trinajstić information content (AvgIpc) is 3.22. The number of benzene rings is 2. The second-order valence-corrected chi connectivity index (χ2v) is 14.3. The van der Waals surface area contributed by atoms with Gasteiger partial charge < -0.3 is 65.5 Å². The first-order chi connectivity index (χ1) is 29.8. The topological polar surface area (TPSA) is 278 Å². The molecule has 2 saturated heterocycles. The molecule has 2 aromatic rings. The molecule has 20 nitrogen and oxygen atoms in total. The van der Waals surface area contributed by atoms with Crippen LogP contribution >= 0.6 is 0 Å². The molecule has 0 aromatic heterocycles. The largest absolute Gasteiger partial charge is 1.00 e. The number of allylic oxidation sites excluding steroid dienone is 1. The molecule has 3 radical (unpaired) electrons. The van der Waals surface area contributed by atoms with E-state index in [0.717, 1.165) is 11.1 Å². The van der Waals surface area contributed by atoms with Crippen molar-refractivity contribution in [1.29, 1.82) is 5.26 Å². The van der Waals surface area contributed by atoms with Gasteiger partial charge in [-0.25, -0.2) is 28.8 Å². The van der Waals surface area contributed by atoms with Gasteiger partial charge in [0.15, 0.2) is 11.5 Å². The molecule has 0 unspecified atom stereocenters. The third-order valence-corrected chi connectivity index (χ3v) is 8.44. The van der Waals surface area contributed by atoms with Crippen molar-refractivity contribution < 1.29 is 111 Å². The number of esters is 6. The summed E-state index contributed by atoms with van der Waals surface area (Å²) < 4.78 is 40.2. The van der Waals surface area contributed by atoms with Crippen LogP contribution in [0, 0.1) is 17.8 Å². The molecular formula is C43H52BN3NaO17. The summed E-state index contributed by atoms with van der Waals surface area (Å²) >= 11 is 0. The number of hydrogen-bond acceptors (Lipinski definition) is 18. The average molecular weight is 917 g/mol. The summed E-state index contributed by atoms with van der Waals surface area (Å²) in [6.45, 7) is 13.9. The molecule has 2 atom stereocenters. The van der Waals surface area contributed by atoms with Crippen molar-refractivity contribution in [3.05, 3.63) is 89.7 Å². The SMILES string of the molecule is CCOC(=O)N[C@@H](CCC(O)=C1C(=O)OC(C)(C)OC1=O)C(=O)OCc1ccccc1.CCOC(=O)N[C@@H](CCCC1C(=O)OC(C)(C)OC1=O)C(=O)OCc1ccccc1.[B].[C-]#N.[Na+]. The summed E-state index contributed by atoms with van der Waals surface area (Å²) in [4.78, 5) is 96.7. The van der Waals surface area contributed by atoms with Gasteiger partial charge in [0.2, 0.25) is 0 Å². The van der Waals surface area contributed by atoms with Crippen LogP contribution in [-0.4, -0.2) is 98.4 Å². The number of carbonyl (C=O) groups is 8. The van der Waals surface area contributed by atoms with Crippen molar-refractivity contribution in [3.63, 3.8) is 0 Å². The van der Waals surface area contributed by atoms with Crippen LogP contribution < -0.4 is 40.2 Å². The molecule has 2 heterocycles. The maximum Gasteiger partial charge on any atom is 1.00 e. The summed E-state index contributed by atoms with van der Waals surface area (Å²) in [5.74, 6) is -9.27. The van der Waals surface area contributed by atoms with Gasteiger partial charge in [-0.3, -0.25) is 9.59 Å². The normalized spacial score (nSPS) is 15.4. The molecule has 2 aromatic carbocycles. The van der Waals surface area contributed by atoms with E-state index in [2.05, 4.69) is 10.6 Å². The van der Waals surface area contributed by atoms with Crippen molar-refractivity contribution in [1.82, 2.24) is 10.6 Å². The number of hydrogen-bond donors (Lipinski definition) is 3. The molecule has 345 valence electrons. The fraction of sp³-hybridized carbons (Fsp3) is 0.465. The minimum atomic E-state index is -1.45. The third kappa shape index (κ3) is 21.0. The first-order valence-electron chi connectivity index (χ1n) is 19.7. The smallest absolute Gasteiger partial charge is 0.512 e. The summed E-state index contributed by atoms with van der Waals surface area (Å²) in [6.07, 6.45) is -1.56. The van der Waals surface area contributed by atoms with Crippen LogP contribution in [-0.2, 0) is 79.9 Å². The number of rotatable bonds is 17. The van der Waals surface area contributed by atoms with E-state index in [1.54, 1.807) is 38.1 Å². The number of ether oxygens (including phenoxy) is 8. The molecule has 2 fully saturated rings. The molecule has 0 bridgehead atoms. The van der Waals surface area contributed by atoms with E-state index < -0.39 is 88.9 Å². The Morgan fingerprint density at radius 2 is 1.06 bits per heavy atom. The third-order valence-electron chi connectivity index (χ3n) is 8.44. The Labute approximate surface area is 400 Å². The Bertz CT molecular complexity index is 1920. The zero-order valence-electron chi connectivity index (χ0n) is 37.4. The molecular weight excluding hydrogens is 864 g/mol. The monoisotopic (exact) mass is 916 g/mol. The fourth-order valence-electron chi connectivity index (χ4n) is 5.59. The number of aliphatic hydroxyl groups excluding tert-OH is 1. The van der Waals surface area contributed by atoms with E-state index >= 15 is 0 Å². The van der Waals surface area contributed by atoms with Crippen molar-refractivity contribution >= 4 is 56.4 Å². The number of carbonyl (C=O) groups excluding carboxylic acids is 8. The van der Waals surface area contributed by atoms with Crippen LogP contribution in [0.1, 0.15) is 84.8 Å². The molecule has 3 N–H and O–H groups in total. The van der Waals surface area contributed by atoms with Crippen LogP contribution in [0.25, 0.3) is 0 Å². The minimum absolute atomic E-state index is 0. The summed E-state index contributed by atoms with van der Waals surface area (Å²) in [7, 11) is 0. The Hall–Kier alpha value is -6.11. The first-order valence-corrected chi connectivity index (χ1v) is 19.7. The van der Waals surface area contributed by atoms with Crippen LogP contribution in [0.5, 0.6) is 0 Å². The van der Waals surface area contributed by atoms with Crippen LogP contribution in [0.3, 0.4) is 0 Å². The Kier molecular flexibility index (Phi) is 26.6. The molecule has 4 rings (SSSR count). The Morgan fingerprint density at radius 1 is 0.677 bits per heavy atom. The van der Waals surface area contributed by atoms with Gasteiger partial charge in [-0.2, -0.15) is 0 Å². The van der Waals surface area contributed by atoms with Crippen molar-refractivity contribution in [2.24, 2.45) is 5.92 Å². The van der Waals surface area contributed by atoms with E-state index in [1.165, 1.54) is 27.7 Å². The Morgan fingerprint density at radius 3 is 1.46 bits per heavy atom. The van der Waals surface area contributed by atoms with E-state index in [1.807, 2.05) is 36.4 Å². The quantitative estimate of drug-likeness (QED) is 0.0296. The molecule has 2 aliphatic rings. The van der Waals surface area contributed by atoms with Gasteiger partial charge in [0.05, 0.1) is 13.2 Å². The number of nitrogens with one attached hydrogen (secondary N) is 2. The summed E-state index contributed by atoms with van der Waals surface area (Å²) in [5, 5.41) is 21.3. The fourth-order valence-corrected chi connectivity index (χ4v) is 5.59. The van der Waals surface area contributed by atoms with Crippen molar-refractivity contribution in [2.75, 3.05) is 13.2 Å². The molecule has 22 heteroatoms. The number of amides is 2. The minimum Gasteiger partial charge on any atom is -0.512 e. The van der Waals surface area contributed by atoms with Gasteiger partial charge in [-0.1, -0.05) is 60.7 Å². The van der Waals surface area contributed by atoms with Crippen LogP contribution in [0.4, 0.5) is 9.59 Å². The second kappa shape index (κ2) is 29.4. The standard InChI is InChI=1S/C21H25NO9.C21H27NO8.CN.B.Na/c1-4-28-20(27)22-14(17(24)29-12-13-8-6-5-7-9-13)10-11-15(23)16-18(25)30-21(2,3)31-19(16)26;1-4-27-20(26)22-16(19(25)28-13-14-9-6-5-7-10-14)12-8-11-15-17(23)29-21(2,3)30-18(15)24;1-2;;/h5-9,14,23H,4,10-12H2,1-3H3,(H,22,27);5-7,9-10,15-16H,4,8,11-13H2,1-3H3,(H,22,26);;;/q;;-1;;+1/t14-;16-;;;/m00.../s1. The maximum absolute atomic E-state index is 12.5. The molecule has 2 amide bonds. The molecule has 0 aliphatic carbocycles. The molecule has 65 heavy (non-hydrogen) atoms. The zero-order valence-corrected chi connectivity index (χ0v) is 39.4. The van der Waals surface area contributed by atoms with E-state index in [-0.39, 0.29) is 96.5 Å². The van der Waals surface area contributed by atoms with Gasteiger partial charge in [0.25, 0.3) is 11.6 Å². The predicted molar refractivity (Wildman–Crippen MR) is 220 cm³/mol. The van der Waals surface area contributed by atoms with Crippen molar-refractivity contribution in [2.45, 2.75) is 111 Å². The Balaban J connectivity index is 0.00000118. The maximum atomic E-state index is 12.5. The predicted octanol–water partition coefficient (Wildman–Crippen LogP) is 1.46. The molecule has 0 spiro atoms. The number of cyclic esters (lactones) is 4. The van der Waals surface area contributed by atoms with Gasteiger partial charge in [0.1, 0.15) is 31.1 Å². The number of aliphatic hydroxyl groups is 1. The van der Waals surface area contributed by atoms with Crippen molar-refractivity contribution in [3.8, 4) is 0 Å². The van der Waals surface area contributed by atoms with E-state index in [9.17, 15) is 43.5 Å². The summed E-state index contributed by atoms with van der Waals surface area (Å²) in [6, 6.07) is 15.8.